The maximum Gasteiger partial charge on any atom is 0.0138 e. The molecular formula is C29H35N. The fourth-order valence-electron chi connectivity index (χ4n) is 5.89. The predicted octanol–water partition coefficient (Wildman–Crippen LogP) is 7.53. The second kappa shape index (κ2) is 7.39. The van der Waals surface area contributed by atoms with E-state index < -0.39 is 0 Å². The fraction of sp³-hybridized carbons (Fsp3) is 0.379. The average molecular weight is 398 g/mol. The minimum atomic E-state index is 0.140. The zero-order chi connectivity index (χ0) is 21.6. The molecule has 0 saturated carbocycles. The number of rotatable bonds is 3. The molecule has 3 aromatic carbocycles. The first-order valence-corrected chi connectivity index (χ1v) is 11.1. The third-order valence-electron chi connectivity index (χ3n) is 6.53. The van der Waals surface area contributed by atoms with Crippen LogP contribution in [0.25, 0.3) is 22.3 Å². The molecule has 1 nitrogen and oxygen atoms in total. The van der Waals surface area contributed by atoms with E-state index >= 15 is 0 Å². The van der Waals surface area contributed by atoms with E-state index in [2.05, 4.69) is 120 Å². The molecule has 0 amide bonds. The van der Waals surface area contributed by atoms with Gasteiger partial charge in [-0.05, 0) is 80.7 Å². The Morgan fingerprint density at radius 1 is 0.533 bits per heavy atom. The third kappa shape index (κ3) is 4.37. The zero-order valence-corrected chi connectivity index (χ0v) is 19.3. The number of benzene rings is 3. The first-order chi connectivity index (χ1) is 14.1. The fourth-order valence-corrected chi connectivity index (χ4v) is 5.89. The van der Waals surface area contributed by atoms with E-state index in [9.17, 15) is 0 Å². The SMILES string of the molecule is Cc1ccc(-c2ccc(-c3ccc(C4(C)CC(C)(C)NC(C)(C)C4)cc3)cc2)cc1. The maximum absolute atomic E-state index is 3.82. The maximum atomic E-state index is 3.82. The van der Waals surface area contributed by atoms with Crippen molar-refractivity contribution in [2.75, 3.05) is 0 Å². The van der Waals surface area contributed by atoms with Gasteiger partial charge in [0.15, 0.2) is 0 Å². The van der Waals surface area contributed by atoms with Gasteiger partial charge in [0.25, 0.3) is 0 Å². The number of hydrogen-bond acceptors (Lipinski definition) is 1. The van der Waals surface area contributed by atoms with Gasteiger partial charge in [-0.3, -0.25) is 0 Å². The summed E-state index contributed by atoms with van der Waals surface area (Å²) >= 11 is 0. The van der Waals surface area contributed by atoms with E-state index in [1.54, 1.807) is 0 Å². The van der Waals surface area contributed by atoms with Gasteiger partial charge in [0.05, 0.1) is 0 Å². The van der Waals surface area contributed by atoms with Crippen molar-refractivity contribution in [3.05, 3.63) is 83.9 Å². The first kappa shape index (κ1) is 20.9. The van der Waals surface area contributed by atoms with Gasteiger partial charge in [-0.2, -0.15) is 0 Å². The molecular weight excluding hydrogens is 362 g/mol. The molecule has 1 heterocycles. The summed E-state index contributed by atoms with van der Waals surface area (Å²) in [5, 5.41) is 3.82. The summed E-state index contributed by atoms with van der Waals surface area (Å²) in [6.07, 6.45) is 2.29. The van der Waals surface area contributed by atoms with Crippen LogP contribution in [0, 0.1) is 6.92 Å². The molecule has 1 heteroatoms. The van der Waals surface area contributed by atoms with E-state index in [0.717, 1.165) is 12.8 Å². The monoisotopic (exact) mass is 397 g/mol. The molecule has 156 valence electrons. The van der Waals surface area contributed by atoms with Gasteiger partial charge < -0.3 is 5.32 Å². The van der Waals surface area contributed by atoms with Gasteiger partial charge in [0, 0.05) is 11.1 Å². The van der Waals surface area contributed by atoms with Crippen LogP contribution in [0.2, 0.25) is 0 Å². The van der Waals surface area contributed by atoms with Gasteiger partial charge >= 0.3 is 0 Å². The molecule has 1 aliphatic rings. The second-order valence-corrected chi connectivity index (χ2v) is 10.8. The van der Waals surface area contributed by atoms with Gasteiger partial charge in [-0.1, -0.05) is 85.3 Å². The van der Waals surface area contributed by atoms with Crippen LogP contribution in [0.15, 0.2) is 72.8 Å². The molecule has 1 saturated heterocycles. The molecule has 4 rings (SSSR count). The summed E-state index contributed by atoms with van der Waals surface area (Å²) in [5.74, 6) is 0. The topological polar surface area (TPSA) is 12.0 Å². The van der Waals surface area contributed by atoms with Crippen molar-refractivity contribution in [2.45, 2.75) is 70.9 Å². The highest BCUT2D eigenvalue weighted by molar-refractivity contribution is 5.70. The zero-order valence-electron chi connectivity index (χ0n) is 19.3. The summed E-state index contributed by atoms with van der Waals surface area (Å²) in [4.78, 5) is 0. The van der Waals surface area contributed by atoms with E-state index in [4.69, 9.17) is 0 Å². The van der Waals surface area contributed by atoms with Crippen LogP contribution in [0.3, 0.4) is 0 Å². The Bertz CT molecular complexity index is 989. The van der Waals surface area contributed by atoms with Gasteiger partial charge in [0.2, 0.25) is 0 Å². The average Bonchev–Trinajstić information content (AvgIpc) is 2.66. The Hall–Kier alpha value is -2.38. The van der Waals surface area contributed by atoms with Crippen molar-refractivity contribution in [2.24, 2.45) is 0 Å². The van der Waals surface area contributed by atoms with Crippen LogP contribution in [0.5, 0.6) is 0 Å². The number of aryl methyl sites for hydroxylation is 1. The minimum Gasteiger partial charge on any atom is -0.307 e. The highest BCUT2D eigenvalue weighted by atomic mass is 15.1. The van der Waals surface area contributed by atoms with E-state index in [0.29, 0.717) is 0 Å². The Morgan fingerprint density at radius 2 is 0.867 bits per heavy atom. The largest absolute Gasteiger partial charge is 0.307 e. The predicted molar refractivity (Wildman–Crippen MR) is 130 cm³/mol. The molecule has 30 heavy (non-hydrogen) atoms. The number of hydrogen-bond donors (Lipinski definition) is 1. The Balaban J connectivity index is 1.57. The minimum absolute atomic E-state index is 0.140. The van der Waals surface area contributed by atoms with Crippen molar-refractivity contribution in [1.82, 2.24) is 5.32 Å². The molecule has 0 aromatic heterocycles. The molecule has 3 aromatic rings. The number of nitrogens with one attached hydrogen (secondary N) is 1. The van der Waals surface area contributed by atoms with E-state index in [-0.39, 0.29) is 16.5 Å². The molecule has 1 fully saturated rings. The van der Waals surface area contributed by atoms with E-state index in [1.807, 2.05) is 0 Å². The lowest BCUT2D eigenvalue weighted by molar-refractivity contribution is 0.111. The van der Waals surface area contributed by atoms with Crippen molar-refractivity contribution in [3.8, 4) is 22.3 Å². The Kier molecular flexibility index (Phi) is 5.14. The highest BCUT2D eigenvalue weighted by Gasteiger charge is 2.45. The summed E-state index contributed by atoms with van der Waals surface area (Å²) < 4.78 is 0. The van der Waals surface area contributed by atoms with Crippen LogP contribution in [-0.4, -0.2) is 11.1 Å². The standard InChI is InChI=1S/C29H35N/c1-21-7-9-22(10-8-21)23-11-13-24(14-12-23)25-15-17-26(18-16-25)29(6)19-27(2,3)30-28(4,5)20-29/h7-18,30H,19-20H2,1-6H3. The molecule has 0 radical (unpaired) electrons. The van der Waals surface area contributed by atoms with Crippen LogP contribution < -0.4 is 5.32 Å². The Morgan fingerprint density at radius 3 is 1.27 bits per heavy atom. The Labute approximate surface area is 182 Å². The lowest BCUT2D eigenvalue weighted by Gasteiger charge is -2.52. The normalized spacial score (nSPS) is 19.4. The molecule has 1 N–H and O–H groups in total. The van der Waals surface area contributed by atoms with Crippen LogP contribution in [-0.2, 0) is 5.41 Å². The van der Waals surface area contributed by atoms with E-state index in [1.165, 1.54) is 33.4 Å². The quantitative estimate of drug-likeness (QED) is 0.481. The van der Waals surface area contributed by atoms with Crippen LogP contribution in [0.1, 0.15) is 58.6 Å². The summed E-state index contributed by atoms with van der Waals surface area (Å²) in [7, 11) is 0. The van der Waals surface area contributed by atoms with Crippen molar-refractivity contribution in [1.29, 1.82) is 0 Å². The van der Waals surface area contributed by atoms with Gasteiger partial charge in [0.1, 0.15) is 0 Å². The van der Waals surface area contributed by atoms with Gasteiger partial charge in [-0.15, -0.1) is 0 Å². The molecule has 0 aliphatic carbocycles. The number of piperidine rings is 1. The smallest absolute Gasteiger partial charge is 0.0138 e. The third-order valence-corrected chi connectivity index (χ3v) is 6.53. The molecule has 0 spiro atoms. The van der Waals surface area contributed by atoms with Gasteiger partial charge in [-0.25, -0.2) is 0 Å². The molecule has 0 unspecified atom stereocenters. The van der Waals surface area contributed by atoms with Crippen molar-refractivity contribution in [3.63, 3.8) is 0 Å². The van der Waals surface area contributed by atoms with Crippen molar-refractivity contribution >= 4 is 0 Å². The molecule has 0 bridgehead atoms. The molecule has 1 aliphatic heterocycles. The highest BCUT2D eigenvalue weighted by Crippen LogP contribution is 2.44. The lowest BCUT2D eigenvalue weighted by Crippen LogP contribution is -2.61. The van der Waals surface area contributed by atoms with Crippen LogP contribution >= 0.6 is 0 Å². The molecule has 0 atom stereocenters. The summed E-state index contributed by atoms with van der Waals surface area (Å²) in [6, 6.07) is 27.0. The van der Waals surface area contributed by atoms with Crippen molar-refractivity contribution < 1.29 is 0 Å². The lowest BCUT2D eigenvalue weighted by atomic mass is 9.63. The summed E-state index contributed by atoms with van der Waals surface area (Å²) in [5.41, 5.74) is 8.30. The first-order valence-electron chi connectivity index (χ1n) is 11.1. The second-order valence-electron chi connectivity index (χ2n) is 10.8. The van der Waals surface area contributed by atoms with Crippen LogP contribution in [0.4, 0.5) is 0 Å². The summed E-state index contributed by atoms with van der Waals surface area (Å²) in [6.45, 7) is 13.9.